The maximum absolute atomic E-state index is 10.2. The van der Waals surface area contributed by atoms with Gasteiger partial charge in [0.1, 0.15) is 13.1 Å². The first kappa shape index (κ1) is 20.0. The van der Waals surface area contributed by atoms with Crippen LogP contribution in [0.4, 0.5) is 0 Å². The highest BCUT2D eigenvalue weighted by atomic mass is 16.1. The zero-order valence-corrected chi connectivity index (χ0v) is 11.1. The van der Waals surface area contributed by atoms with Crippen LogP contribution in [0.15, 0.2) is 24.3 Å². The molecule has 16 heavy (non-hydrogen) atoms. The van der Waals surface area contributed by atoms with Crippen LogP contribution in [0.2, 0.25) is 0 Å². The van der Waals surface area contributed by atoms with E-state index in [9.17, 15) is 4.79 Å². The van der Waals surface area contributed by atoms with Gasteiger partial charge in [-0.05, 0) is 12.0 Å². The zero-order chi connectivity index (χ0) is 13.4. The van der Waals surface area contributed by atoms with Crippen molar-refractivity contribution in [2.45, 2.75) is 41.0 Å². The topological polar surface area (TPSA) is 34.1 Å². The molecule has 0 atom stereocenters. The monoisotopic (exact) mass is 224 g/mol. The average Bonchev–Trinajstić information content (AvgIpc) is 2.45. The van der Waals surface area contributed by atoms with Crippen molar-refractivity contribution >= 4 is 13.1 Å². The van der Waals surface area contributed by atoms with Crippen LogP contribution in [-0.2, 0) is 11.2 Å². The van der Waals surface area contributed by atoms with Gasteiger partial charge in [-0.2, -0.15) is 0 Å². The van der Waals surface area contributed by atoms with Crippen LogP contribution in [0.25, 0.3) is 0 Å². The van der Waals surface area contributed by atoms with E-state index in [4.69, 9.17) is 4.79 Å². The van der Waals surface area contributed by atoms with E-state index in [0.717, 1.165) is 18.3 Å². The van der Waals surface area contributed by atoms with E-state index in [1.807, 2.05) is 58.7 Å². The van der Waals surface area contributed by atoms with Crippen LogP contribution in [0.1, 0.15) is 50.5 Å². The van der Waals surface area contributed by atoms with Crippen LogP contribution in [0.5, 0.6) is 0 Å². The van der Waals surface area contributed by atoms with E-state index in [1.54, 1.807) is 0 Å². The fourth-order valence-electron chi connectivity index (χ4n) is 0.832. The molecule has 0 aromatic heterocycles. The Kier molecular flexibility index (Phi) is 24.0. The molecule has 0 fully saturated rings. The summed E-state index contributed by atoms with van der Waals surface area (Å²) in [5, 5.41) is 0. The molecular formula is C14H24O2. The lowest BCUT2D eigenvalue weighted by molar-refractivity contribution is -0.0979. The van der Waals surface area contributed by atoms with Gasteiger partial charge in [0.15, 0.2) is 0 Å². The first-order valence-corrected chi connectivity index (χ1v) is 5.70. The van der Waals surface area contributed by atoms with Gasteiger partial charge in [0.25, 0.3) is 0 Å². The highest BCUT2D eigenvalue weighted by Gasteiger charge is 1.88. The Balaban J connectivity index is -0.000000245. The lowest BCUT2D eigenvalue weighted by Gasteiger charge is -1.93. The van der Waals surface area contributed by atoms with E-state index in [1.165, 1.54) is 5.56 Å². The molecule has 92 valence electrons. The standard InChI is InChI=1S/C9H10O.2C2H6.CH2O/c1-2-8-3-5-9(7-10)6-4-8;3*1-2/h3-7H,2H2,1H3;2*1-2H3;1H2. The number of hydrogen-bond acceptors (Lipinski definition) is 2. The molecule has 0 aliphatic rings. The first-order valence-electron chi connectivity index (χ1n) is 5.70. The first-order chi connectivity index (χ1) is 7.86. The Labute approximate surface area is 99.7 Å². The smallest absolute Gasteiger partial charge is 0.150 e. The maximum atomic E-state index is 10.2. The van der Waals surface area contributed by atoms with Gasteiger partial charge in [-0.1, -0.05) is 58.9 Å². The van der Waals surface area contributed by atoms with E-state index in [0.29, 0.717) is 0 Å². The van der Waals surface area contributed by atoms with Crippen molar-refractivity contribution in [1.82, 2.24) is 0 Å². The summed E-state index contributed by atoms with van der Waals surface area (Å²) >= 11 is 0. The minimum Gasteiger partial charge on any atom is -0.307 e. The van der Waals surface area contributed by atoms with Crippen LogP contribution < -0.4 is 0 Å². The summed E-state index contributed by atoms with van der Waals surface area (Å²) in [5.74, 6) is 0. The second-order valence-corrected chi connectivity index (χ2v) is 2.21. The molecule has 0 spiro atoms. The maximum Gasteiger partial charge on any atom is 0.150 e. The fourth-order valence-corrected chi connectivity index (χ4v) is 0.832. The summed E-state index contributed by atoms with van der Waals surface area (Å²) in [6.45, 7) is 12.1. The van der Waals surface area contributed by atoms with Gasteiger partial charge < -0.3 is 4.79 Å². The summed E-state index contributed by atoms with van der Waals surface area (Å²) in [4.78, 5) is 18.2. The Morgan fingerprint density at radius 3 is 1.62 bits per heavy atom. The minimum absolute atomic E-state index is 0.747. The number of benzene rings is 1. The Morgan fingerprint density at radius 2 is 1.38 bits per heavy atom. The fraction of sp³-hybridized carbons (Fsp3) is 0.429. The second kappa shape index (κ2) is 19.2. The molecule has 0 heterocycles. The van der Waals surface area contributed by atoms with Crippen LogP contribution >= 0.6 is 0 Å². The number of carbonyl (C=O) groups excluding carboxylic acids is 2. The summed E-state index contributed by atoms with van der Waals surface area (Å²) in [5.41, 5.74) is 2.02. The van der Waals surface area contributed by atoms with Crippen LogP contribution in [0.3, 0.4) is 0 Å². The van der Waals surface area contributed by atoms with Crippen molar-refractivity contribution in [3.05, 3.63) is 35.4 Å². The normalized spacial score (nSPS) is 6.81. The molecule has 0 amide bonds. The van der Waals surface area contributed by atoms with E-state index >= 15 is 0 Å². The van der Waals surface area contributed by atoms with Gasteiger partial charge in [0.05, 0.1) is 0 Å². The van der Waals surface area contributed by atoms with E-state index in [2.05, 4.69) is 6.92 Å². The molecule has 0 radical (unpaired) electrons. The molecule has 2 heteroatoms. The number of aryl methyl sites for hydroxylation is 1. The van der Waals surface area contributed by atoms with Gasteiger partial charge in [0, 0.05) is 5.56 Å². The minimum atomic E-state index is 0.747. The molecule has 1 aromatic rings. The van der Waals surface area contributed by atoms with Crippen molar-refractivity contribution in [2.24, 2.45) is 0 Å². The van der Waals surface area contributed by atoms with Crippen molar-refractivity contribution in [3.8, 4) is 0 Å². The highest BCUT2D eigenvalue weighted by molar-refractivity contribution is 5.74. The summed E-state index contributed by atoms with van der Waals surface area (Å²) < 4.78 is 0. The van der Waals surface area contributed by atoms with E-state index < -0.39 is 0 Å². The third kappa shape index (κ3) is 10.6. The predicted octanol–water partition coefficient (Wildman–Crippen LogP) is 3.93. The number of hydrogen-bond donors (Lipinski definition) is 0. The quantitative estimate of drug-likeness (QED) is 0.713. The molecule has 1 rings (SSSR count). The molecule has 2 nitrogen and oxygen atoms in total. The van der Waals surface area contributed by atoms with Crippen molar-refractivity contribution < 1.29 is 9.59 Å². The molecule has 0 N–H and O–H groups in total. The zero-order valence-electron chi connectivity index (χ0n) is 11.1. The molecule has 0 unspecified atom stereocenters. The van der Waals surface area contributed by atoms with Crippen molar-refractivity contribution in [1.29, 1.82) is 0 Å². The Hall–Kier alpha value is -1.44. The van der Waals surface area contributed by atoms with Crippen LogP contribution in [0, 0.1) is 0 Å². The molecule has 0 saturated carbocycles. The largest absolute Gasteiger partial charge is 0.307 e. The Morgan fingerprint density at radius 1 is 1.00 bits per heavy atom. The molecule has 1 aromatic carbocycles. The van der Waals surface area contributed by atoms with Gasteiger partial charge in [0.2, 0.25) is 0 Å². The van der Waals surface area contributed by atoms with Gasteiger partial charge in [-0.15, -0.1) is 0 Å². The third-order valence-electron chi connectivity index (χ3n) is 1.52. The Bertz CT molecular complexity index is 227. The van der Waals surface area contributed by atoms with Gasteiger partial charge >= 0.3 is 0 Å². The lowest BCUT2D eigenvalue weighted by Crippen LogP contribution is -1.81. The van der Waals surface area contributed by atoms with Gasteiger partial charge in [-0.3, -0.25) is 4.79 Å². The number of carbonyl (C=O) groups is 2. The van der Waals surface area contributed by atoms with E-state index in [-0.39, 0.29) is 0 Å². The SMILES string of the molecule is C=O.CC.CC.CCc1ccc(C=O)cc1. The predicted molar refractivity (Wildman–Crippen MR) is 71.0 cm³/mol. The molecular weight excluding hydrogens is 200 g/mol. The molecule has 0 bridgehead atoms. The van der Waals surface area contributed by atoms with Gasteiger partial charge in [-0.25, -0.2) is 0 Å². The number of rotatable bonds is 2. The number of aldehydes is 1. The summed E-state index contributed by atoms with van der Waals surface area (Å²) in [7, 11) is 0. The lowest BCUT2D eigenvalue weighted by atomic mass is 10.1. The van der Waals surface area contributed by atoms with Crippen LogP contribution in [-0.4, -0.2) is 13.1 Å². The molecule has 0 saturated heterocycles. The van der Waals surface area contributed by atoms with Crippen molar-refractivity contribution in [3.63, 3.8) is 0 Å². The molecule has 0 aliphatic heterocycles. The third-order valence-corrected chi connectivity index (χ3v) is 1.52. The summed E-state index contributed by atoms with van der Waals surface area (Å²) in [6, 6.07) is 7.63. The average molecular weight is 224 g/mol. The molecule has 0 aliphatic carbocycles. The highest BCUT2D eigenvalue weighted by Crippen LogP contribution is 2.01. The van der Waals surface area contributed by atoms with Crippen molar-refractivity contribution in [2.75, 3.05) is 0 Å². The summed E-state index contributed by atoms with van der Waals surface area (Å²) in [6.07, 6.45) is 1.89. The second-order valence-electron chi connectivity index (χ2n) is 2.21.